The normalized spacial score (nSPS) is 11.4. The molecule has 4 aromatic carbocycles. The second kappa shape index (κ2) is 3.72. The lowest BCUT2D eigenvalue weighted by Gasteiger charge is -2.06. The molecule has 1 N–H and O–H groups in total. The first-order valence-corrected chi connectivity index (χ1v) is 6.35. The van der Waals surface area contributed by atoms with E-state index in [0.29, 0.717) is 5.75 Å². The van der Waals surface area contributed by atoms with Crippen LogP contribution in [-0.2, 0) is 0 Å². The molecule has 1 nitrogen and oxygen atoms in total. The Morgan fingerprint density at radius 1 is 0.526 bits per heavy atom. The number of phenols is 1. The highest BCUT2D eigenvalue weighted by Crippen LogP contribution is 2.30. The fourth-order valence-corrected chi connectivity index (χ4v) is 2.74. The van der Waals surface area contributed by atoms with E-state index in [1.54, 1.807) is 6.07 Å². The number of aromatic hydroxyl groups is 1. The summed E-state index contributed by atoms with van der Waals surface area (Å²) in [6.07, 6.45) is 0. The minimum absolute atomic E-state index is 0.312. The van der Waals surface area contributed by atoms with Crippen molar-refractivity contribution < 1.29 is 5.11 Å². The highest BCUT2D eigenvalue weighted by atomic mass is 16.3. The van der Waals surface area contributed by atoms with E-state index in [0.717, 1.165) is 10.8 Å². The molecule has 0 atom stereocenters. The van der Waals surface area contributed by atoms with Gasteiger partial charge in [-0.25, -0.2) is 0 Å². The van der Waals surface area contributed by atoms with E-state index in [1.807, 2.05) is 12.1 Å². The van der Waals surface area contributed by atoms with Crippen LogP contribution in [-0.4, -0.2) is 5.11 Å². The van der Waals surface area contributed by atoms with Crippen LogP contribution in [0.3, 0.4) is 0 Å². The van der Waals surface area contributed by atoms with Gasteiger partial charge in [-0.05, 0) is 56.6 Å². The number of hydrogen-bond acceptors (Lipinski definition) is 1. The maximum Gasteiger partial charge on any atom is 0.116 e. The Morgan fingerprint density at radius 3 is 2.26 bits per heavy atom. The quantitative estimate of drug-likeness (QED) is 0.346. The van der Waals surface area contributed by atoms with Crippen molar-refractivity contribution in [1.82, 2.24) is 0 Å². The first-order valence-electron chi connectivity index (χ1n) is 6.35. The molecule has 0 amide bonds. The molecule has 0 aliphatic rings. The summed E-state index contributed by atoms with van der Waals surface area (Å²) >= 11 is 0. The molecule has 4 rings (SSSR count). The van der Waals surface area contributed by atoms with Crippen LogP contribution in [0.1, 0.15) is 0 Å². The zero-order chi connectivity index (χ0) is 12.8. The molecule has 0 saturated heterocycles. The van der Waals surface area contributed by atoms with Gasteiger partial charge < -0.3 is 5.11 Å². The molecule has 0 spiro atoms. The Hall–Kier alpha value is -2.54. The van der Waals surface area contributed by atoms with Crippen LogP contribution < -0.4 is 0 Å². The molecule has 0 aliphatic carbocycles. The molecule has 0 fully saturated rings. The molecular weight excluding hydrogens is 232 g/mol. The Labute approximate surface area is 110 Å². The van der Waals surface area contributed by atoms with Crippen LogP contribution in [0.4, 0.5) is 0 Å². The van der Waals surface area contributed by atoms with Crippen molar-refractivity contribution in [2.45, 2.75) is 0 Å². The smallest absolute Gasteiger partial charge is 0.116 e. The lowest BCUT2D eigenvalue weighted by Crippen LogP contribution is -1.79. The largest absolute Gasteiger partial charge is 0.508 e. The average Bonchev–Trinajstić information content (AvgIpc) is 2.45. The van der Waals surface area contributed by atoms with Crippen molar-refractivity contribution in [3.63, 3.8) is 0 Å². The second-order valence-corrected chi connectivity index (χ2v) is 4.89. The van der Waals surface area contributed by atoms with Crippen LogP contribution in [0.15, 0.2) is 66.7 Å². The number of phenolic OH excluding ortho intramolecular Hbond substituents is 1. The van der Waals surface area contributed by atoms with E-state index in [2.05, 4.69) is 48.5 Å². The van der Waals surface area contributed by atoms with Gasteiger partial charge in [0, 0.05) is 0 Å². The van der Waals surface area contributed by atoms with E-state index in [-0.39, 0.29) is 0 Å². The van der Waals surface area contributed by atoms with Gasteiger partial charge in [-0.2, -0.15) is 0 Å². The van der Waals surface area contributed by atoms with Crippen LogP contribution in [0, 0.1) is 0 Å². The summed E-state index contributed by atoms with van der Waals surface area (Å²) in [6, 6.07) is 22.5. The fourth-order valence-electron chi connectivity index (χ4n) is 2.74. The van der Waals surface area contributed by atoms with E-state index in [4.69, 9.17) is 0 Å². The third-order valence-electron chi connectivity index (χ3n) is 3.69. The molecule has 1 heteroatoms. The van der Waals surface area contributed by atoms with E-state index < -0.39 is 0 Å². The summed E-state index contributed by atoms with van der Waals surface area (Å²) in [6.45, 7) is 0. The van der Waals surface area contributed by atoms with Gasteiger partial charge in [0.15, 0.2) is 0 Å². The second-order valence-electron chi connectivity index (χ2n) is 4.89. The topological polar surface area (TPSA) is 20.2 Å². The molecule has 0 unspecified atom stereocenters. The van der Waals surface area contributed by atoms with Crippen molar-refractivity contribution in [2.24, 2.45) is 0 Å². The monoisotopic (exact) mass is 244 g/mol. The van der Waals surface area contributed by atoms with Crippen LogP contribution in [0.2, 0.25) is 0 Å². The standard InChI is InChI=1S/C18H12O/c19-16-8-7-13-9-14-6-5-12-3-1-2-4-17(12)18(14)11-15(13)10-16/h1-11,19H. The Bertz CT molecular complexity index is 922. The van der Waals surface area contributed by atoms with Crippen LogP contribution in [0.25, 0.3) is 32.3 Å². The highest BCUT2D eigenvalue weighted by Gasteiger charge is 2.03. The van der Waals surface area contributed by atoms with Gasteiger partial charge in [-0.15, -0.1) is 0 Å². The minimum atomic E-state index is 0.312. The molecule has 0 bridgehead atoms. The molecule has 0 aliphatic heterocycles. The summed E-state index contributed by atoms with van der Waals surface area (Å²) in [5, 5.41) is 16.8. The lowest BCUT2D eigenvalue weighted by atomic mass is 9.98. The van der Waals surface area contributed by atoms with E-state index >= 15 is 0 Å². The van der Waals surface area contributed by atoms with Gasteiger partial charge in [0.2, 0.25) is 0 Å². The SMILES string of the molecule is Oc1ccc2cc3ccc4ccccc4c3cc2c1. The predicted octanol–water partition coefficient (Wildman–Crippen LogP) is 4.85. The first-order chi connectivity index (χ1) is 9.31. The lowest BCUT2D eigenvalue weighted by molar-refractivity contribution is 0.476. The summed E-state index contributed by atoms with van der Waals surface area (Å²) in [7, 11) is 0. The van der Waals surface area contributed by atoms with E-state index in [1.165, 1.54) is 21.5 Å². The number of rotatable bonds is 0. The minimum Gasteiger partial charge on any atom is -0.508 e. The van der Waals surface area contributed by atoms with Gasteiger partial charge in [0.05, 0.1) is 0 Å². The molecule has 19 heavy (non-hydrogen) atoms. The molecule has 0 saturated carbocycles. The summed E-state index contributed by atoms with van der Waals surface area (Å²) in [5.41, 5.74) is 0. The maximum absolute atomic E-state index is 9.62. The molecule has 0 radical (unpaired) electrons. The summed E-state index contributed by atoms with van der Waals surface area (Å²) < 4.78 is 0. The zero-order valence-corrected chi connectivity index (χ0v) is 10.3. The van der Waals surface area contributed by atoms with Crippen LogP contribution >= 0.6 is 0 Å². The number of benzene rings is 4. The van der Waals surface area contributed by atoms with Crippen molar-refractivity contribution in [1.29, 1.82) is 0 Å². The van der Waals surface area contributed by atoms with Gasteiger partial charge >= 0.3 is 0 Å². The van der Waals surface area contributed by atoms with Gasteiger partial charge in [0.1, 0.15) is 5.75 Å². The Kier molecular flexibility index (Phi) is 2.04. The Morgan fingerprint density at radius 2 is 1.32 bits per heavy atom. The molecular formula is C18H12O. The van der Waals surface area contributed by atoms with Gasteiger partial charge in [-0.1, -0.05) is 42.5 Å². The first kappa shape index (κ1) is 10.4. The molecule has 0 aromatic heterocycles. The van der Waals surface area contributed by atoms with Gasteiger partial charge in [-0.3, -0.25) is 0 Å². The summed E-state index contributed by atoms with van der Waals surface area (Å²) in [4.78, 5) is 0. The maximum atomic E-state index is 9.62. The Balaban J connectivity index is 2.23. The highest BCUT2D eigenvalue weighted by molar-refractivity contribution is 6.12. The van der Waals surface area contributed by atoms with Crippen molar-refractivity contribution in [2.75, 3.05) is 0 Å². The third kappa shape index (κ3) is 1.55. The van der Waals surface area contributed by atoms with Crippen molar-refractivity contribution >= 4 is 32.3 Å². The number of fused-ring (bicyclic) bond motifs is 4. The van der Waals surface area contributed by atoms with Crippen LogP contribution in [0.5, 0.6) is 5.75 Å². The predicted molar refractivity (Wildman–Crippen MR) is 80.6 cm³/mol. The third-order valence-corrected chi connectivity index (χ3v) is 3.69. The zero-order valence-electron chi connectivity index (χ0n) is 10.3. The number of hydrogen-bond donors (Lipinski definition) is 1. The molecule has 90 valence electrons. The summed E-state index contributed by atoms with van der Waals surface area (Å²) in [5.74, 6) is 0.312. The van der Waals surface area contributed by atoms with Crippen molar-refractivity contribution in [3.05, 3.63) is 66.7 Å². The molecule has 4 aromatic rings. The average molecular weight is 244 g/mol. The van der Waals surface area contributed by atoms with Gasteiger partial charge in [0.25, 0.3) is 0 Å². The van der Waals surface area contributed by atoms with Crippen molar-refractivity contribution in [3.8, 4) is 5.75 Å². The molecule has 0 heterocycles. The fraction of sp³-hybridized carbons (Fsp3) is 0. The van der Waals surface area contributed by atoms with E-state index in [9.17, 15) is 5.11 Å².